The summed E-state index contributed by atoms with van der Waals surface area (Å²) in [6, 6.07) is 5.75. The van der Waals surface area contributed by atoms with Crippen molar-refractivity contribution in [1.82, 2.24) is 34.0 Å². The lowest BCUT2D eigenvalue weighted by atomic mass is 9.91. The summed E-state index contributed by atoms with van der Waals surface area (Å²) in [5.41, 5.74) is -0.846. The van der Waals surface area contributed by atoms with Gasteiger partial charge in [-0.05, 0) is 43.2 Å². The standard InChI is InChI=1S/C24H24F3N7O3/c25-16-2-4-17(5-3-16)34-22-18(13-30-34)23(36)32(15-28-22)14-24(37)6-10-31(11-7-24)20(35)12-19(21(26)27)33-9-1-8-29-33/h1-5,8-9,13,15,19,21,37H,6-7,10-12,14H2. The van der Waals surface area contributed by atoms with Crippen LogP contribution in [0, 0.1) is 5.82 Å². The summed E-state index contributed by atoms with van der Waals surface area (Å²) < 4.78 is 44.0. The number of hydrogen-bond donors (Lipinski definition) is 1. The van der Waals surface area contributed by atoms with Gasteiger partial charge < -0.3 is 10.0 Å². The third kappa shape index (κ3) is 4.99. The van der Waals surface area contributed by atoms with E-state index in [1.807, 2.05) is 0 Å². The summed E-state index contributed by atoms with van der Waals surface area (Å²) in [5, 5.41) is 19.4. The topological polar surface area (TPSA) is 111 Å². The number of nitrogens with zero attached hydrogens (tertiary/aromatic N) is 7. The van der Waals surface area contributed by atoms with Crippen LogP contribution in [0.15, 0.2) is 60.0 Å². The smallest absolute Gasteiger partial charge is 0.264 e. The van der Waals surface area contributed by atoms with E-state index in [9.17, 15) is 27.9 Å². The predicted octanol–water partition coefficient (Wildman–Crippen LogP) is 2.17. The predicted molar refractivity (Wildman–Crippen MR) is 126 cm³/mol. The fourth-order valence-electron chi connectivity index (χ4n) is 4.56. The number of halogens is 3. The third-order valence-corrected chi connectivity index (χ3v) is 6.68. The molecule has 194 valence electrons. The molecule has 0 spiro atoms. The van der Waals surface area contributed by atoms with E-state index in [4.69, 9.17) is 0 Å². The van der Waals surface area contributed by atoms with Crippen LogP contribution in [-0.4, -0.2) is 70.1 Å². The van der Waals surface area contributed by atoms with Gasteiger partial charge in [0.25, 0.3) is 12.0 Å². The first-order chi connectivity index (χ1) is 17.7. The van der Waals surface area contributed by atoms with Crippen LogP contribution in [0.2, 0.25) is 0 Å². The van der Waals surface area contributed by atoms with Gasteiger partial charge in [0, 0.05) is 25.5 Å². The van der Waals surface area contributed by atoms with Crippen LogP contribution in [0.3, 0.4) is 0 Å². The Hall–Kier alpha value is -4.00. The lowest BCUT2D eigenvalue weighted by molar-refractivity contribution is -0.138. The van der Waals surface area contributed by atoms with E-state index in [2.05, 4.69) is 15.2 Å². The molecule has 4 heterocycles. The van der Waals surface area contributed by atoms with Crippen molar-refractivity contribution in [2.24, 2.45) is 0 Å². The van der Waals surface area contributed by atoms with Gasteiger partial charge in [0.15, 0.2) is 5.65 Å². The number of likely N-dealkylation sites (tertiary alicyclic amines) is 1. The number of carbonyl (C=O) groups excluding carboxylic acids is 1. The number of benzene rings is 1. The summed E-state index contributed by atoms with van der Waals surface area (Å²) in [6.07, 6.45) is 2.63. The molecule has 1 N–H and O–H groups in total. The third-order valence-electron chi connectivity index (χ3n) is 6.68. The van der Waals surface area contributed by atoms with Crippen molar-refractivity contribution in [2.45, 2.75) is 43.9 Å². The summed E-state index contributed by atoms with van der Waals surface area (Å²) in [7, 11) is 0. The highest BCUT2D eigenvalue weighted by atomic mass is 19.3. The first-order valence-electron chi connectivity index (χ1n) is 11.7. The average molecular weight is 515 g/mol. The Labute approximate surface area is 208 Å². The quantitative estimate of drug-likeness (QED) is 0.404. The van der Waals surface area contributed by atoms with E-state index in [1.54, 1.807) is 0 Å². The molecule has 0 saturated carbocycles. The van der Waals surface area contributed by atoms with Gasteiger partial charge in [-0.2, -0.15) is 10.2 Å². The molecule has 1 aliphatic rings. The second kappa shape index (κ2) is 9.81. The van der Waals surface area contributed by atoms with Crippen LogP contribution in [0.4, 0.5) is 13.2 Å². The largest absolute Gasteiger partial charge is 0.388 e. The number of carbonyl (C=O) groups is 1. The molecular weight excluding hydrogens is 491 g/mol. The molecule has 0 radical (unpaired) electrons. The lowest BCUT2D eigenvalue weighted by Crippen LogP contribution is -2.50. The Morgan fingerprint density at radius 2 is 1.86 bits per heavy atom. The van der Waals surface area contributed by atoms with E-state index in [1.165, 1.54) is 69.4 Å². The molecule has 4 aromatic rings. The highest BCUT2D eigenvalue weighted by molar-refractivity contribution is 5.77. The van der Waals surface area contributed by atoms with Gasteiger partial charge in [-0.1, -0.05) is 0 Å². The monoisotopic (exact) mass is 515 g/mol. The summed E-state index contributed by atoms with van der Waals surface area (Å²) in [4.78, 5) is 31.5. The van der Waals surface area contributed by atoms with Crippen LogP contribution in [0.1, 0.15) is 25.3 Å². The minimum Gasteiger partial charge on any atom is -0.388 e. The van der Waals surface area contributed by atoms with Crippen molar-refractivity contribution in [1.29, 1.82) is 0 Å². The number of fused-ring (bicyclic) bond motifs is 1. The highest BCUT2D eigenvalue weighted by Gasteiger charge is 2.36. The van der Waals surface area contributed by atoms with Crippen molar-refractivity contribution in [3.63, 3.8) is 0 Å². The Kier molecular flexibility index (Phi) is 6.54. The van der Waals surface area contributed by atoms with E-state index < -0.39 is 41.8 Å². The first-order valence-corrected chi connectivity index (χ1v) is 11.7. The molecule has 0 aliphatic carbocycles. The Morgan fingerprint density at radius 3 is 2.51 bits per heavy atom. The van der Waals surface area contributed by atoms with Crippen molar-refractivity contribution in [3.05, 3.63) is 71.4 Å². The van der Waals surface area contributed by atoms with Gasteiger partial charge >= 0.3 is 0 Å². The molecule has 1 unspecified atom stereocenters. The molecular formula is C24H24F3N7O3. The van der Waals surface area contributed by atoms with Gasteiger partial charge in [0.2, 0.25) is 5.91 Å². The van der Waals surface area contributed by atoms with Crippen molar-refractivity contribution in [2.75, 3.05) is 13.1 Å². The van der Waals surface area contributed by atoms with Crippen LogP contribution < -0.4 is 5.56 Å². The molecule has 3 aromatic heterocycles. The van der Waals surface area contributed by atoms with Crippen LogP contribution in [0.25, 0.3) is 16.7 Å². The molecule has 5 rings (SSSR count). The Balaban J connectivity index is 1.26. The zero-order valence-corrected chi connectivity index (χ0v) is 19.6. The normalized spacial score (nSPS) is 16.4. The maximum Gasteiger partial charge on any atom is 0.264 e. The number of aliphatic hydroxyl groups is 1. The molecule has 1 saturated heterocycles. The molecule has 1 atom stereocenters. The SMILES string of the molecule is O=C(CC(C(F)F)n1cccn1)N1CCC(O)(Cn2cnc3c(cnn3-c3ccc(F)cc3)c2=O)CC1. The lowest BCUT2D eigenvalue weighted by Gasteiger charge is -2.38. The molecule has 0 bridgehead atoms. The molecule has 1 aliphatic heterocycles. The number of alkyl halides is 2. The molecule has 10 nitrogen and oxygen atoms in total. The molecule has 1 aromatic carbocycles. The maximum atomic E-state index is 13.5. The number of rotatable bonds is 7. The van der Waals surface area contributed by atoms with Gasteiger partial charge in [-0.25, -0.2) is 22.8 Å². The Bertz CT molecular complexity index is 1440. The second-order valence-corrected chi connectivity index (χ2v) is 9.14. The summed E-state index contributed by atoms with van der Waals surface area (Å²) in [6.45, 7) is 0.278. The van der Waals surface area contributed by atoms with E-state index in [0.29, 0.717) is 11.3 Å². The van der Waals surface area contributed by atoms with E-state index in [0.717, 1.165) is 4.68 Å². The molecule has 13 heteroatoms. The molecule has 37 heavy (non-hydrogen) atoms. The number of aromatic nitrogens is 6. The second-order valence-electron chi connectivity index (χ2n) is 9.14. The van der Waals surface area contributed by atoms with Gasteiger partial charge in [-0.15, -0.1) is 0 Å². The van der Waals surface area contributed by atoms with Gasteiger partial charge in [0.05, 0.1) is 30.5 Å². The number of amides is 1. The fourth-order valence-corrected chi connectivity index (χ4v) is 4.56. The van der Waals surface area contributed by atoms with Crippen molar-refractivity contribution in [3.8, 4) is 5.69 Å². The van der Waals surface area contributed by atoms with Gasteiger partial charge in [-0.3, -0.25) is 18.8 Å². The molecule has 1 amide bonds. The maximum absolute atomic E-state index is 13.5. The van der Waals surface area contributed by atoms with E-state index in [-0.39, 0.29) is 37.9 Å². The van der Waals surface area contributed by atoms with Gasteiger partial charge in [0.1, 0.15) is 23.6 Å². The minimum absolute atomic E-state index is 0.0501. The van der Waals surface area contributed by atoms with E-state index >= 15 is 0 Å². The number of piperidine rings is 1. The molecule has 1 fully saturated rings. The van der Waals surface area contributed by atoms with Crippen molar-refractivity contribution >= 4 is 16.9 Å². The van der Waals surface area contributed by atoms with Crippen LogP contribution in [-0.2, 0) is 11.3 Å². The Morgan fingerprint density at radius 1 is 1.14 bits per heavy atom. The minimum atomic E-state index is -2.76. The first kappa shape index (κ1) is 24.7. The van der Waals surface area contributed by atoms with Crippen LogP contribution >= 0.6 is 0 Å². The zero-order valence-electron chi connectivity index (χ0n) is 19.6. The summed E-state index contributed by atoms with van der Waals surface area (Å²) >= 11 is 0. The van der Waals surface area contributed by atoms with Crippen molar-refractivity contribution < 1.29 is 23.1 Å². The fraction of sp³-hybridized carbons (Fsp3) is 0.375. The number of hydrogen-bond acceptors (Lipinski definition) is 6. The summed E-state index contributed by atoms with van der Waals surface area (Å²) in [5.74, 6) is -0.848. The van der Waals surface area contributed by atoms with Crippen LogP contribution in [0.5, 0.6) is 0 Å². The zero-order chi connectivity index (χ0) is 26.2. The highest BCUT2D eigenvalue weighted by Crippen LogP contribution is 2.27. The average Bonchev–Trinajstić information content (AvgIpc) is 3.56.